The molecule has 6 heteroatoms. The van der Waals surface area contributed by atoms with Crippen LogP contribution in [0.1, 0.15) is 5.56 Å². The predicted octanol–water partition coefficient (Wildman–Crippen LogP) is -0.923. The fourth-order valence-electron chi connectivity index (χ4n) is 0.805. The van der Waals surface area contributed by atoms with Crippen molar-refractivity contribution < 1.29 is 14.7 Å². The highest BCUT2D eigenvalue weighted by molar-refractivity contribution is 6.33. The van der Waals surface area contributed by atoms with Crippen LogP contribution < -0.4 is 4.65 Å². The third-order valence-corrected chi connectivity index (χ3v) is 1.27. The standard InChI is InChI=1S/C5H9BN2O3/c1-4-3-7-8(2)5(4)11-6(9)10/h3,9-10H,1-2H3. The van der Waals surface area contributed by atoms with E-state index in [0.29, 0.717) is 5.88 Å². The summed E-state index contributed by atoms with van der Waals surface area (Å²) in [6.45, 7) is 1.77. The molecule has 0 aliphatic heterocycles. The van der Waals surface area contributed by atoms with E-state index in [-0.39, 0.29) is 0 Å². The van der Waals surface area contributed by atoms with E-state index >= 15 is 0 Å². The molecule has 0 aromatic carbocycles. The molecular weight excluding hydrogens is 147 g/mol. The molecule has 60 valence electrons. The first-order valence-electron chi connectivity index (χ1n) is 3.12. The average molecular weight is 156 g/mol. The quantitative estimate of drug-likeness (QED) is 0.543. The lowest BCUT2D eigenvalue weighted by atomic mass is 10.2. The molecule has 1 heterocycles. The Kier molecular flexibility index (Phi) is 2.16. The summed E-state index contributed by atoms with van der Waals surface area (Å²) in [6.07, 6.45) is 1.58. The van der Waals surface area contributed by atoms with Gasteiger partial charge < -0.3 is 14.7 Å². The zero-order chi connectivity index (χ0) is 8.43. The number of aromatic nitrogens is 2. The summed E-state index contributed by atoms with van der Waals surface area (Å²) in [5.74, 6) is 0.361. The minimum atomic E-state index is -1.79. The van der Waals surface area contributed by atoms with E-state index < -0.39 is 7.32 Å². The van der Waals surface area contributed by atoms with E-state index in [2.05, 4.69) is 9.75 Å². The molecule has 0 saturated heterocycles. The van der Waals surface area contributed by atoms with Crippen LogP contribution in [0.15, 0.2) is 6.20 Å². The highest BCUT2D eigenvalue weighted by Crippen LogP contribution is 2.14. The Hall–Kier alpha value is -1.01. The van der Waals surface area contributed by atoms with Gasteiger partial charge in [0.05, 0.1) is 6.20 Å². The number of nitrogens with zero attached hydrogens (tertiary/aromatic N) is 2. The fourth-order valence-corrected chi connectivity index (χ4v) is 0.805. The topological polar surface area (TPSA) is 67.5 Å². The van der Waals surface area contributed by atoms with Crippen molar-refractivity contribution in [3.63, 3.8) is 0 Å². The summed E-state index contributed by atoms with van der Waals surface area (Å²) in [4.78, 5) is 0. The van der Waals surface area contributed by atoms with Gasteiger partial charge in [-0.05, 0) is 6.92 Å². The van der Waals surface area contributed by atoms with Crippen molar-refractivity contribution in [2.24, 2.45) is 7.05 Å². The molecule has 0 unspecified atom stereocenters. The molecule has 11 heavy (non-hydrogen) atoms. The molecule has 1 rings (SSSR count). The van der Waals surface area contributed by atoms with Crippen LogP contribution in [0.4, 0.5) is 0 Å². The zero-order valence-corrected chi connectivity index (χ0v) is 6.35. The molecular formula is C5H9BN2O3. The first kappa shape index (κ1) is 8.09. The molecule has 0 aliphatic rings. The van der Waals surface area contributed by atoms with Gasteiger partial charge in [0.2, 0.25) is 0 Å². The number of hydrogen-bond acceptors (Lipinski definition) is 4. The van der Waals surface area contributed by atoms with Crippen LogP contribution in [0.25, 0.3) is 0 Å². The van der Waals surface area contributed by atoms with Gasteiger partial charge >= 0.3 is 7.32 Å². The van der Waals surface area contributed by atoms with E-state index in [1.54, 1.807) is 20.2 Å². The maximum absolute atomic E-state index is 8.47. The SMILES string of the molecule is Cc1cnn(C)c1OB(O)O. The summed E-state index contributed by atoms with van der Waals surface area (Å²) in [5.41, 5.74) is 0.764. The second-order valence-electron chi connectivity index (χ2n) is 2.20. The average Bonchev–Trinajstić information content (AvgIpc) is 2.18. The van der Waals surface area contributed by atoms with Gasteiger partial charge in [-0.25, -0.2) is 4.68 Å². The third-order valence-electron chi connectivity index (χ3n) is 1.27. The minimum Gasteiger partial charge on any atom is -0.498 e. The van der Waals surface area contributed by atoms with Crippen molar-refractivity contribution in [2.45, 2.75) is 6.92 Å². The van der Waals surface area contributed by atoms with Crippen LogP contribution in [0.5, 0.6) is 5.88 Å². The molecule has 1 aromatic heterocycles. The van der Waals surface area contributed by atoms with Crippen LogP contribution in [-0.4, -0.2) is 27.1 Å². The summed E-state index contributed by atoms with van der Waals surface area (Å²) >= 11 is 0. The second kappa shape index (κ2) is 2.94. The van der Waals surface area contributed by atoms with Crippen molar-refractivity contribution in [2.75, 3.05) is 0 Å². The molecule has 0 amide bonds. The highest BCUT2D eigenvalue weighted by Gasteiger charge is 2.15. The molecule has 0 saturated carbocycles. The summed E-state index contributed by atoms with van der Waals surface area (Å²) in [6, 6.07) is 0. The summed E-state index contributed by atoms with van der Waals surface area (Å²) < 4.78 is 6.05. The van der Waals surface area contributed by atoms with E-state index in [9.17, 15) is 0 Å². The Morgan fingerprint density at radius 1 is 1.64 bits per heavy atom. The van der Waals surface area contributed by atoms with Gasteiger partial charge in [0.25, 0.3) is 0 Å². The molecule has 0 aliphatic carbocycles. The number of aryl methyl sites for hydroxylation is 2. The van der Waals surface area contributed by atoms with E-state index in [4.69, 9.17) is 10.0 Å². The molecule has 5 nitrogen and oxygen atoms in total. The van der Waals surface area contributed by atoms with E-state index in [0.717, 1.165) is 5.56 Å². The lowest BCUT2D eigenvalue weighted by molar-refractivity contribution is 0.276. The van der Waals surface area contributed by atoms with Gasteiger partial charge in [-0.1, -0.05) is 0 Å². The molecule has 0 atom stereocenters. The molecule has 0 bridgehead atoms. The van der Waals surface area contributed by atoms with Gasteiger partial charge in [-0.15, -0.1) is 0 Å². The van der Waals surface area contributed by atoms with Crippen LogP contribution in [0, 0.1) is 6.92 Å². The Labute approximate surface area is 64.4 Å². The largest absolute Gasteiger partial charge is 0.708 e. The smallest absolute Gasteiger partial charge is 0.498 e. The first-order valence-corrected chi connectivity index (χ1v) is 3.12. The summed E-state index contributed by atoms with van der Waals surface area (Å²) in [5, 5.41) is 20.8. The lowest BCUT2D eigenvalue weighted by Crippen LogP contribution is -2.22. The maximum Gasteiger partial charge on any atom is 0.708 e. The number of rotatable bonds is 2. The Morgan fingerprint density at radius 2 is 2.27 bits per heavy atom. The Balaban J connectivity index is 2.83. The van der Waals surface area contributed by atoms with Crippen molar-refractivity contribution in [3.05, 3.63) is 11.8 Å². The van der Waals surface area contributed by atoms with Gasteiger partial charge in [0.15, 0.2) is 5.88 Å². The molecule has 2 N–H and O–H groups in total. The molecule has 0 spiro atoms. The van der Waals surface area contributed by atoms with Gasteiger partial charge in [0, 0.05) is 12.6 Å². The van der Waals surface area contributed by atoms with E-state index in [1.165, 1.54) is 4.68 Å². The van der Waals surface area contributed by atoms with Crippen LogP contribution >= 0.6 is 0 Å². The molecule has 1 aromatic rings. The van der Waals surface area contributed by atoms with Crippen LogP contribution in [-0.2, 0) is 7.05 Å². The van der Waals surface area contributed by atoms with Crippen LogP contribution in [0.3, 0.4) is 0 Å². The zero-order valence-electron chi connectivity index (χ0n) is 6.35. The Morgan fingerprint density at radius 3 is 2.64 bits per heavy atom. The highest BCUT2D eigenvalue weighted by atomic mass is 16.6. The third kappa shape index (κ3) is 1.72. The minimum absolute atomic E-state index is 0.361. The van der Waals surface area contributed by atoms with Gasteiger partial charge in [0.1, 0.15) is 0 Å². The van der Waals surface area contributed by atoms with Gasteiger partial charge in [-0.3, -0.25) is 0 Å². The first-order chi connectivity index (χ1) is 5.11. The molecule has 0 fully saturated rings. The lowest BCUT2D eigenvalue weighted by Gasteiger charge is -2.04. The number of hydrogen-bond donors (Lipinski definition) is 2. The van der Waals surface area contributed by atoms with Crippen molar-refractivity contribution in [3.8, 4) is 5.88 Å². The summed E-state index contributed by atoms with van der Waals surface area (Å²) in [7, 11) is -0.130. The Bertz CT molecular complexity index is 228. The van der Waals surface area contributed by atoms with Crippen molar-refractivity contribution >= 4 is 7.32 Å². The molecule has 0 radical (unpaired) electrons. The fraction of sp³-hybridized carbons (Fsp3) is 0.400. The van der Waals surface area contributed by atoms with E-state index in [1.807, 2.05) is 0 Å². The van der Waals surface area contributed by atoms with Crippen LogP contribution in [0.2, 0.25) is 0 Å². The second-order valence-corrected chi connectivity index (χ2v) is 2.20. The van der Waals surface area contributed by atoms with Gasteiger partial charge in [-0.2, -0.15) is 5.10 Å². The monoisotopic (exact) mass is 156 g/mol. The van der Waals surface area contributed by atoms with Crippen molar-refractivity contribution in [1.82, 2.24) is 9.78 Å². The predicted molar refractivity (Wildman–Crippen MR) is 38.8 cm³/mol. The maximum atomic E-state index is 8.47. The normalized spacial score (nSPS) is 9.82. The van der Waals surface area contributed by atoms with Crippen molar-refractivity contribution in [1.29, 1.82) is 0 Å².